The highest BCUT2D eigenvalue weighted by atomic mass is 19.1. The summed E-state index contributed by atoms with van der Waals surface area (Å²) in [4.78, 5) is 2.28. The van der Waals surface area contributed by atoms with Gasteiger partial charge >= 0.3 is 0 Å². The second-order valence-corrected chi connectivity index (χ2v) is 7.12. The van der Waals surface area contributed by atoms with Gasteiger partial charge in [0.05, 0.1) is 12.2 Å². The molecule has 0 N–H and O–H groups in total. The van der Waals surface area contributed by atoms with Crippen LogP contribution in [0.5, 0.6) is 0 Å². The number of halogens is 1. The molecule has 2 aliphatic heterocycles. The molecule has 1 saturated carbocycles. The van der Waals surface area contributed by atoms with Crippen LogP contribution in [0.4, 0.5) is 4.39 Å². The van der Waals surface area contributed by atoms with Crippen molar-refractivity contribution in [1.82, 2.24) is 4.90 Å². The number of ether oxygens (including phenoxy) is 2. The first-order chi connectivity index (χ1) is 10.8. The number of rotatable bonds is 6. The van der Waals surface area contributed by atoms with Crippen LogP contribution in [-0.2, 0) is 16.0 Å². The van der Waals surface area contributed by atoms with E-state index in [1.807, 2.05) is 12.1 Å². The summed E-state index contributed by atoms with van der Waals surface area (Å²) >= 11 is 0. The summed E-state index contributed by atoms with van der Waals surface area (Å²) in [6.07, 6.45) is 3.77. The predicted octanol–water partition coefficient (Wildman–Crippen LogP) is 2.84. The van der Waals surface area contributed by atoms with Crippen LogP contribution >= 0.6 is 0 Å². The molecule has 1 spiro atoms. The van der Waals surface area contributed by atoms with Gasteiger partial charge in [0.25, 0.3) is 0 Å². The van der Waals surface area contributed by atoms with Crippen LogP contribution in [0.15, 0.2) is 24.3 Å². The smallest absolute Gasteiger partial charge is 0.127 e. The third kappa shape index (κ3) is 2.92. The number of nitrogens with zero attached hydrogens (tertiary/aromatic N) is 1. The van der Waals surface area contributed by atoms with E-state index in [-0.39, 0.29) is 11.4 Å². The van der Waals surface area contributed by atoms with Gasteiger partial charge in [-0.1, -0.05) is 18.2 Å². The molecule has 3 aliphatic rings. The Balaban J connectivity index is 1.29. The Kier molecular flexibility index (Phi) is 3.93. The molecule has 4 rings (SSSR count). The van der Waals surface area contributed by atoms with Crippen LogP contribution in [0.3, 0.4) is 0 Å². The fourth-order valence-electron chi connectivity index (χ4n) is 3.72. The summed E-state index contributed by atoms with van der Waals surface area (Å²) in [5.74, 6) is 1.21. The van der Waals surface area contributed by atoms with E-state index in [1.165, 1.54) is 18.9 Å². The Morgan fingerprint density at radius 2 is 2.00 bits per heavy atom. The standard InChI is InChI=1S/C18H24FNO2/c19-17-4-2-1-3-15(17)9-20-12-18(13-20)16(7-8-22-18)11-21-10-14-5-6-14/h1-4,14,16H,5-13H2. The SMILES string of the molecule is Fc1ccccc1CN1CC2(C1)OCCC2COCC1CC1. The first-order valence-corrected chi connectivity index (χ1v) is 8.43. The quantitative estimate of drug-likeness (QED) is 0.807. The molecule has 3 fully saturated rings. The zero-order valence-corrected chi connectivity index (χ0v) is 13.0. The van der Waals surface area contributed by atoms with Crippen molar-refractivity contribution in [3.8, 4) is 0 Å². The third-order valence-corrected chi connectivity index (χ3v) is 5.30. The van der Waals surface area contributed by atoms with Gasteiger partial charge in [-0.2, -0.15) is 0 Å². The molecule has 1 aromatic carbocycles. The first-order valence-electron chi connectivity index (χ1n) is 8.43. The van der Waals surface area contributed by atoms with Crippen LogP contribution in [0.2, 0.25) is 0 Å². The molecule has 1 aliphatic carbocycles. The zero-order chi connectivity index (χ0) is 15.0. The van der Waals surface area contributed by atoms with Crippen molar-refractivity contribution < 1.29 is 13.9 Å². The largest absolute Gasteiger partial charge is 0.381 e. The van der Waals surface area contributed by atoms with Crippen molar-refractivity contribution in [1.29, 1.82) is 0 Å². The summed E-state index contributed by atoms with van der Waals surface area (Å²) in [7, 11) is 0. The molecule has 2 saturated heterocycles. The molecule has 1 aromatic rings. The molecule has 120 valence electrons. The van der Waals surface area contributed by atoms with E-state index in [1.54, 1.807) is 6.07 Å². The maximum atomic E-state index is 13.7. The van der Waals surface area contributed by atoms with Gasteiger partial charge in [-0.3, -0.25) is 4.90 Å². The van der Waals surface area contributed by atoms with Crippen molar-refractivity contribution in [2.45, 2.75) is 31.4 Å². The highest BCUT2D eigenvalue weighted by Crippen LogP contribution is 2.41. The van der Waals surface area contributed by atoms with Crippen LogP contribution < -0.4 is 0 Å². The molecule has 0 amide bonds. The van der Waals surface area contributed by atoms with Gasteiger partial charge in [0.1, 0.15) is 5.82 Å². The summed E-state index contributed by atoms with van der Waals surface area (Å²) in [5.41, 5.74) is 0.742. The van der Waals surface area contributed by atoms with Crippen LogP contribution in [0, 0.1) is 17.7 Å². The minimum atomic E-state index is -0.111. The van der Waals surface area contributed by atoms with Crippen molar-refractivity contribution in [2.24, 2.45) is 11.8 Å². The molecule has 22 heavy (non-hydrogen) atoms. The van der Waals surface area contributed by atoms with E-state index in [2.05, 4.69) is 4.90 Å². The minimum absolute atomic E-state index is 0.0329. The molecule has 1 atom stereocenters. The number of hydrogen-bond donors (Lipinski definition) is 0. The molecule has 4 heteroatoms. The van der Waals surface area contributed by atoms with E-state index in [0.717, 1.165) is 50.8 Å². The van der Waals surface area contributed by atoms with Gasteiger partial charge < -0.3 is 9.47 Å². The van der Waals surface area contributed by atoms with Gasteiger partial charge in [0, 0.05) is 44.3 Å². The lowest BCUT2D eigenvalue weighted by atomic mass is 9.81. The highest BCUT2D eigenvalue weighted by molar-refractivity contribution is 5.18. The minimum Gasteiger partial charge on any atom is -0.381 e. The van der Waals surface area contributed by atoms with E-state index in [4.69, 9.17) is 9.47 Å². The Morgan fingerprint density at radius 3 is 2.77 bits per heavy atom. The van der Waals surface area contributed by atoms with Crippen molar-refractivity contribution >= 4 is 0 Å². The van der Waals surface area contributed by atoms with Gasteiger partial charge in [-0.15, -0.1) is 0 Å². The van der Waals surface area contributed by atoms with Crippen molar-refractivity contribution in [3.05, 3.63) is 35.6 Å². The summed E-state index contributed by atoms with van der Waals surface area (Å²) in [5, 5.41) is 0. The van der Waals surface area contributed by atoms with Gasteiger partial charge in [-0.25, -0.2) is 4.39 Å². The second-order valence-electron chi connectivity index (χ2n) is 7.12. The molecule has 2 heterocycles. The first kappa shape index (κ1) is 14.6. The fraction of sp³-hybridized carbons (Fsp3) is 0.667. The molecule has 0 aromatic heterocycles. The van der Waals surface area contributed by atoms with Crippen molar-refractivity contribution in [3.63, 3.8) is 0 Å². The average molecular weight is 305 g/mol. The van der Waals surface area contributed by atoms with Gasteiger partial charge in [0.15, 0.2) is 0 Å². The summed E-state index contributed by atoms with van der Waals surface area (Å²) in [6.45, 7) is 5.06. The maximum absolute atomic E-state index is 13.7. The second kappa shape index (κ2) is 5.91. The van der Waals surface area contributed by atoms with Gasteiger partial charge in [-0.05, 0) is 31.2 Å². The summed E-state index contributed by atoms with van der Waals surface area (Å²) < 4.78 is 25.7. The lowest BCUT2D eigenvalue weighted by molar-refractivity contribution is -0.146. The molecular weight excluding hydrogens is 281 g/mol. The van der Waals surface area contributed by atoms with Crippen LogP contribution in [0.25, 0.3) is 0 Å². The van der Waals surface area contributed by atoms with Crippen LogP contribution in [-0.4, -0.2) is 43.4 Å². The lowest BCUT2D eigenvalue weighted by Gasteiger charge is -2.50. The number of benzene rings is 1. The molecule has 0 bridgehead atoms. The Bertz CT molecular complexity index is 526. The molecule has 0 radical (unpaired) electrons. The van der Waals surface area contributed by atoms with Crippen molar-refractivity contribution in [2.75, 3.05) is 32.9 Å². The Labute approximate surface area is 131 Å². The molecule has 3 nitrogen and oxygen atoms in total. The van der Waals surface area contributed by atoms with E-state index in [0.29, 0.717) is 12.5 Å². The monoisotopic (exact) mass is 305 g/mol. The number of likely N-dealkylation sites (tertiary alicyclic amines) is 1. The highest BCUT2D eigenvalue weighted by Gasteiger charge is 2.52. The Hall–Kier alpha value is -0.970. The topological polar surface area (TPSA) is 21.7 Å². The molecular formula is C18H24FNO2. The van der Waals surface area contributed by atoms with E-state index < -0.39 is 0 Å². The maximum Gasteiger partial charge on any atom is 0.127 e. The Morgan fingerprint density at radius 1 is 1.18 bits per heavy atom. The molecule has 1 unspecified atom stereocenters. The third-order valence-electron chi connectivity index (χ3n) is 5.30. The summed E-state index contributed by atoms with van der Waals surface area (Å²) in [6, 6.07) is 7.04. The predicted molar refractivity (Wildman–Crippen MR) is 82.0 cm³/mol. The zero-order valence-electron chi connectivity index (χ0n) is 13.0. The van der Waals surface area contributed by atoms with Crippen LogP contribution in [0.1, 0.15) is 24.8 Å². The average Bonchev–Trinajstić information content (AvgIpc) is 3.20. The van der Waals surface area contributed by atoms with E-state index >= 15 is 0 Å². The lowest BCUT2D eigenvalue weighted by Crippen LogP contribution is -2.64. The normalized spacial score (nSPS) is 27.2. The van der Waals surface area contributed by atoms with E-state index in [9.17, 15) is 4.39 Å². The van der Waals surface area contributed by atoms with Gasteiger partial charge in [0.2, 0.25) is 0 Å². The number of hydrogen-bond acceptors (Lipinski definition) is 3. The fourth-order valence-corrected chi connectivity index (χ4v) is 3.72.